The number of ether oxygens (including phenoxy) is 1. The van der Waals surface area contributed by atoms with Crippen LogP contribution in [-0.4, -0.2) is 41.8 Å². The van der Waals surface area contributed by atoms with Crippen LogP contribution >= 0.6 is 0 Å². The van der Waals surface area contributed by atoms with E-state index in [4.69, 9.17) is 9.15 Å². The molecule has 200 valence electrons. The van der Waals surface area contributed by atoms with Crippen LogP contribution in [0, 0.1) is 23.0 Å². The first-order valence-electron chi connectivity index (χ1n) is 12.7. The summed E-state index contributed by atoms with van der Waals surface area (Å²) in [5.41, 5.74) is 2.20. The number of piperidine rings is 1. The largest absolute Gasteiger partial charge is 0.466 e. The van der Waals surface area contributed by atoms with Crippen molar-refractivity contribution in [3.8, 4) is 0 Å². The van der Waals surface area contributed by atoms with E-state index in [2.05, 4.69) is 25.7 Å². The number of rotatable bonds is 8. The number of hydrogen-bond donors (Lipinski definition) is 2. The van der Waals surface area contributed by atoms with Gasteiger partial charge in [-0.2, -0.15) is 0 Å². The van der Waals surface area contributed by atoms with Gasteiger partial charge in [-0.15, -0.1) is 5.10 Å². The molecule has 1 spiro atoms. The lowest BCUT2D eigenvalue weighted by molar-refractivity contribution is -0.146. The van der Waals surface area contributed by atoms with E-state index >= 15 is 0 Å². The van der Waals surface area contributed by atoms with E-state index < -0.39 is 17.5 Å². The molecule has 1 aliphatic heterocycles. The molecule has 1 saturated heterocycles. The van der Waals surface area contributed by atoms with Crippen LogP contribution in [0.3, 0.4) is 0 Å². The lowest BCUT2D eigenvalue weighted by atomic mass is 9.57. The van der Waals surface area contributed by atoms with Crippen molar-refractivity contribution in [1.29, 1.82) is 0 Å². The van der Waals surface area contributed by atoms with Crippen molar-refractivity contribution in [1.82, 2.24) is 10.2 Å². The molecule has 11 heteroatoms. The summed E-state index contributed by atoms with van der Waals surface area (Å²) >= 11 is 0. The summed E-state index contributed by atoms with van der Waals surface area (Å²) in [7, 11) is 0. The smallest absolute Gasteiger partial charge is 0.320 e. The predicted octanol–water partition coefficient (Wildman–Crippen LogP) is 5.29. The number of hydrogen-bond acceptors (Lipinski definition) is 8. The maximum Gasteiger partial charge on any atom is 0.320 e. The number of amides is 1. The molecule has 1 aromatic heterocycles. The molecule has 1 aliphatic carbocycles. The van der Waals surface area contributed by atoms with Gasteiger partial charge in [0.15, 0.2) is 11.6 Å². The summed E-state index contributed by atoms with van der Waals surface area (Å²) in [5.74, 6) is -2.51. The number of aromatic nitrogens is 2. The van der Waals surface area contributed by atoms with Crippen molar-refractivity contribution in [2.24, 2.45) is 11.3 Å². The molecule has 2 heterocycles. The zero-order chi connectivity index (χ0) is 26.7. The third-order valence-electron chi connectivity index (χ3n) is 7.31. The summed E-state index contributed by atoms with van der Waals surface area (Å²) in [4.78, 5) is 26.6. The molecule has 9 nitrogen and oxygen atoms in total. The van der Waals surface area contributed by atoms with Crippen molar-refractivity contribution in [2.75, 3.05) is 35.2 Å². The Labute approximate surface area is 218 Å². The Balaban J connectivity index is 1.10. The van der Waals surface area contributed by atoms with Gasteiger partial charge in [0, 0.05) is 42.6 Å². The Morgan fingerprint density at radius 3 is 2.45 bits per heavy atom. The van der Waals surface area contributed by atoms with Crippen LogP contribution in [0.5, 0.6) is 0 Å². The lowest BCUT2D eigenvalue weighted by Gasteiger charge is -2.52. The van der Waals surface area contributed by atoms with E-state index in [1.54, 1.807) is 0 Å². The summed E-state index contributed by atoms with van der Waals surface area (Å²) in [6.45, 7) is 4.17. The Morgan fingerprint density at radius 1 is 1.05 bits per heavy atom. The van der Waals surface area contributed by atoms with Crippen LogP contribution in [0.15, 0.2) is 46.9 Å². The predicted molar refractivity (Wildman–Crippen MR) is 136 cm³/mol. The van der Waals surface area contributed by atoms with E-state index in [-0.39, 0.29) is 23.6 Å². The van der Waals surface area contributed by atoms with Crippen molar-refractivity contribution < 1.29 is 27.5 Å². The Morgan fingerprint density at radius 2 is 1.76 bits per heavy atom. The highest BCUT2D eigenvalue weighted by Gasteiger charge is 2.46. The normalized spacial score (nSPS) is 16.7. The van der Waals surface area contributed by atoms with Crippen LogP contribution in [0.25, 0.3) is 0 Å². The molecule has 38 heavy (non-hydrogen) atoms. The highest BCUT2D eigenvalue weighted by Crippen LogP contribution is 2.54. The molecule has 1 saturated carbocycles. The van der Waals surface area contributed by atoms with E-state index in [1.165, 1.54) is 6.07 Å². The second-order valence-electron chi connectivity index (χ2n) is 9.94. The van der Waals surface area contributed by atoms with Gasteiger partial charge in [0.05, 0.1) is 6.61 Å². The topological polar surface area (TPSA) is 110 Å². The Bertz CT molecular complexity index is 1300. The van der Waals surface area contributed by atoms with Gasteiger partial charge < -0.3 is 24.7 Å². The van der Waals surface area contributed by atoms with Gasteiger partial charge in [0.2, 0.25) is 0 Å². The second-order valence-corrected chi connectivity index (χ2v) is 9.94. The van der Waals surface area contributed by atoms with E-state index in [0.29, 0.717) is 30.0 Å². The average molecular weight is 526 g/mol. The Kier molecular flexibility index (Phi) is 7.26. The lowest BCUT2D eigenvalue weighted by Crippen LogP contribution is -2.47. The highest BCUT2D eigenvalue weighted by molar-refractivity contribution is 6.01. The molecule has 2 aliphatic rings. The number of nitrogens with zero attached hydrogens (tertiary/aromatic N) is 3. The van der Waals surface area contributed by atoms with Gasteiger partial charge in [0.25, 0.3) is 0 Å². The van der Waals surface area contributed by atoms with Gasteiger partial charge in [-0.25, -0.2) is 8.78 Å². The van der Waals surface area contributed by atoms with Crippen LogP contribution in [-0.2, 0) is 9.53 Å². The molecular formula is C27H29F2N5O4. The van der Waals surface area contributed by atoms with Crippen molar-refractivity contribution >= 4 is 35.0 Å². The molecule has 3 aromatic rings. The standard InChI is InChI=1S/C27H29F2N5O4/c1-2-37-23(35)13-17-15-27(16-17)9-11-34(12-10-27)20-6-3-18(4-7-20)30-24(36)25-32-33-26(38-25)31-19-5-8-21(28)22(29)14-19/h3-8,14,17H,2,9-13,15-16H2,1H3,(H,30,36)(H,31,33). The molecule has 2 N–H and O–H groups in total. The first-order valence-corrected chi connectivity index (χ1v) is 12.7. The summed E-state index contributed by atoms with van der Waals surface area (Å²) < 4.78 is 36.8. The highest BCUT2D eigenvalue weighted by atomic mass is 19.2. The molecule has 5 rings (SSSR count). The minimum Gasteiger partial charge on any atom is -0.466 e. The minimum atomic E-state index is -1.03. The molecule has 0 bridgehead atoms. The molecule has 0 atom stereocenters. The monoisotopic (exact) mass is 525 g/mol. The number of anilines is 4. The second kappa shape index (κ2) is 10.8. The fourth-order valence-corrected chi connectivity index (χ4v) is 5.42. The minimum absolute atomic E-state index is 0.0881. The van der Waals surface area contributed by atoms with Gasteiger partial charge in [-0.1, -0.05) is 5.10 Å². The third kappa shape index (κ3) is 5.76. The van der Waals surface area contributed by atoms with Crippen LogP contribution in [0.1, 0.15) is 49.7 Å². The van der Waals surface area contributed by atoms with Crippen molar-refractivity contribution in [3.05, 3.63) is 60.0 Å². The summed E-state index contributed by atoms with van der Waals surface area (Å²) in [6.07, 6.45) is 4.92. The quantitative estimate of drug-likeness (QED) is 0.382. The number of carbonyl (C=O) groups is 2. The van der Waals surface area contributed by atoms with Gasteiger partial charge in [-0.05, 0) is 80.3 Å². The molecule has 1 amide bonds. The number of carbonyl (C=O) groups excluding carboxylic acids is 2. The molecular weight excluding hydrogens is 496 g/mol. The molecule has 2 fully saturated rings. The number of esters is 1. The molecule has 2 aromatic carbocycles. The maximum absolute atomic E-state index is 13.4. The maximum atomic E-state index is 13.4. The van der Waals surface area contributed by atoms with Gasteiger partial charge in [0.1, 0.15) is 0 Å². The zero-order valence-electron chi connectivity index (χ0n) is 21.0. The first kappa shape index (κ1) is 25.6. The fraction of sp³-hybridized carbons (Fsp3) is 0.407. The van der Waals surface area contributed by atoms with Crippen LogP contribution < -0.4 is 15.5 Å². The van der Waals surface area contributed by atoms with Crippen LogP contribution in [0.2, 0.25) is 0 Å². The van der Waals surface area contributed by atoms with Gasteiger partial charge >= 0.3 is 23.8 Å². The number of benzene rings is 2. The SMILES string of the molecule is CCOC(=O)CC1CC2(CCN(c3ccc(NC(=O)c4nnc(Nc5ccc(F)c(F)c5)o4)cc3)CC2)C1. The van der Waals surface area contributed by atoms with Crippen molar-refractivity contribution in [2.45, 2.75) is 39.0 Å². The first-order chi connectivity index (χ1) is 18.3. The Hall–Kier alpha value is -4.02. The average Bonchev–Trinajstić information content (AvgIpc) is 3.35. The van der Waals surface area contributed by atoms with E-state index in [0.717, 1.165) is 56.6 Å². The van der Waals surface area contributed by atoms with E-state index in [9.17, 15) is 18.4 Å². The summed E-state index contributed by atoms with van der Waals surface area (Å²) in [5, 5.41) is 12.8. The summed E-state index contributed by atoms with van der Waals surface area (Å²) in [6, 6.07) is 10.6. The van der Waals surface area contributed by atoms with Gasteiger partial charge in [-0.3, -0.25) is 9.59 Å². The number of nitrogens with one attached hydrogen (secondary N) is 2. The van der Waals surface area contributed by atoms with E-state index in [1.807, 2.05) is 31.2 Å². The zero-order valence-corrected chi connectivity index (χ0v) is 21.0. The molecule has 0 radical (unpaired) electrons. The third-order valence-corrected chi connectivity index (χ3v) is 7.31. The number of halogens is 2. The fourth-order valence-electron chi connectivity index (χ4n) is 5.42. The van der Waals surface area contributed by atoms with Crippen LogP contribution in [0.4, 0.5) is 31.9 Å². The molecule has 0 unspecified atom stereocenters. The van der Waals surface area contributed by atoms with Crippen molar-refractivity contribution in [3.63, 3.8) is 0 Å².